The molecule has 0 radical (unpaired) electrons. The Labute approximate surface area is 651 Å². The maximum absolute atomic E-state index is 15.7. The maximum Gasteiger partial charge on any atom is 0.380 e. The Balaban J connectivity index is 0.000000237. The molecule has 0 spiro atoms. The highest BCUT2D eigenvalue weighted by atomic mass is 31.2. The van der Waals surface area contributed by atoms with E-state index < -0.39 is 223 Å². The number of nitrogen functional groups attached to an aromatic ring is 3. The molecule has 33 nitrogen and oxygen atoms in total. The number of carbonyl (C=O) groups is 3. The summed E-state index contributed by atoms with van der Waals surface area (Å²) in [5.74, 6) is -4.62. The number of rotatable bonds is 33. The molecule has 3 aliphatic rings. The fraction of sp³-hybridized carbons (Fsp3) is 0.542. The first-order valence-corrected chi connectivity index (χ1v) is 41.0. The highest BCUT2D eigenvalue weighted by molar-refractivity contribution is 7.55. The van der Waals surface area contributed by atoms with Gasteiger partial charge >= 0.3 is 57.8 Å². The van der Waals surface area contributed by atoms with Crippen molar-refractivity contribution in [3.63, 3.8) is 0 Å². The fourth-order valence-corrected chi connectivity index (χ4v) is 18.2. The predicted octanol–water partition coefficient (Wildman–Crippen LogP) is 9.08. The molecule has 6 aromatic rings. The molecule has 9 rings (SSSR count). The second-order valence-corrected chi connectivity index (χ2v) is 34.1. The molecule has 0 aliphatic carbocycles. The van der Waals surface area contributed by atoms with Crippen LogP contribution < -0.4 is 47.8 Å². The lowest BCUT2D eigenvalue weighted by molar-refractivity contribution is -0.152. The van der Waals surface area contributed by atoms with Crippen LogP contribution in [0.3, 0.4) is 0 Å². The number of carbonyl (C=O) groups excluding carboxylic acids is 3. The SMILES string of the molecule is CC(C)OC(=O)[C@H](C)CP(=O)(Oc1ccccc1)O[C@@H](C)[C@H]1O[C@@H](n2ccc(N)nc2=O)C(F)(CF)[C@H]1O.CC(C)OC(=O)[C@H](C)C[P@@](=O)(Oc1ccccc1)O[C@@H](C)[C@H]1O[C@@H](n2ccc(N)nc2=O)C(F)(CF)[C@H]1O.CC(C)OC(=O)[C@H](C)C[P@](=O)(Oc1ccccc1)O[C@@H](C)[C@H]1O[C@@H](n2ccc(N)nc2=O)C(F)(CF)[C@H]1O. The molecule has 21 atom stereocenters. The van der Waals surface area contributed by atoms with E-state index in [-0.39, 0.29) is 34.7 Å². The Morgan fingerprint density at radius 3 is 0.833 bits per heavy atom. The monoisotopic (exact) mass is 1680 g/mol. The van der Waals surface area contributed by atoms with Gasteiger partial charge in [0.25, 0.3) is 0 Å². The number of aliphatic hydroxyl groups excluding tert-OH is 3. The van der Waals surface area contributed by atoms with E-state index in [1.165, 1.54) is 96.1 Å². The molecule has 9 N–H and O–H groups in total. The van der Waals surface area contributed by atoms with Crippen LogP contribution in [0.2, 0.25) is 0 Å². The number of aliphatic hydroxyl groups is 3. The first-order valence-electron chi connectivity index (χ1n) is 35.9. The number of aromatic nitrogens is 6. The summed E-state index contributed by atoms with van der Waals surface area (Å²) in [5.41, 5.74) is 4.13. The minimum absolute atomic E-state index is 0.146. The lowest BCUT2D eigenvalue weighted by atomic mass is 9.95. The molecule has 0 amide bonds. The van der Waals surface area contributed by atoms with E-state index in [0.29, 0.717) is 13.7 Å². The molecule has 3 aromatic carbocycles. The highest BCUT2D eigenvalue weighted by Gasteiger charge is 2.64. The number of para-hydroxylation sites is 3. The summed E-state index contributed by atoms with van der Waals surface area (Å²) in [6.45, 7) is 13.2. The van der Waals surface area contributed by atoms with Gasteiger partial charge in [0.2, 0.25) is 17.0 Å². The van der Waals surface area contributed by atoms with E-state index in [2.05, 4.69) is 15.0 Å². The predicted molar refractivity (Wildman–Crippen MR) is 399 cm³/mol. The topological polar surface area (TPSA) is 457 Å². The second-order valence-electron chi connectivity index (χ2n) is 28.2. The van der Waals surface area contributed by atoms with Gasteiger partial charge in [0.1, 0.15) is 91.3 Å². The molecule has 4 unspecified atom stereocenters. The zero-order chi connectivity index (χ0) is 84.8. The van der Waals surface area contributed by atoms with Gasteiger partial charge in [0.05, 0.1) is 72.9 Å². The van der Waals surface area contributed by atoms with Crippen LogP contribution in [0.1, 0.15) is 102 Å². The molecule has 3 fully saturated rings. The third kappa shape index (κ3) is 23.2. The molecule has 42 heteroatoms. The van der Waals surface area contributed by atoms with E-state index in [1.54, 1.807) is 96.1 Å². The van der Waals surface area contributed by atoms with Crippen LogP contribution in [-0.2, 0) is 70.1 Å². The van der Waals surface area contributed by atoms with Crippen molar-refractivity contribution in [3.05, 3.63) is 159 Å². The Bertz CT molecular complexity index is 4090. The molecule has 114 heavy (non-hydrogen) atoms. The van der Waals surface area contributed by atoms with Crippen molar-refractivity contribution in [1.82, 2.24) is 28.7 Å². The molecule has 3 aliphatic heterocycles. The summed E-state index contributed by atoms with van der Waals surface area (Å²) in [6.07, 6.45) is -20.3. The third-order valence-corrected chi connectivity index (χ3v) is 23.9. The zero-order valence-corrected chi connectivity index (χ0v) is 66.9. The normalized spacial score (nSPS) is 26.5. The van der Waals surface area contributed by atoms with Crippen LogP contribution in [-0.4, -0.2) is 191 Å². The first kappa shape index (κ1) is 92.6. The molecule has 3 saturated heterocycles. The van der Waals surface area contributed by atoms with Gasteiger partial charge in [0, 0.05) is 18.6 Å². The summed E-state index contributed by atoms with van der Waals surface area (Å²) in [7, 11) is -12.6. The van der Waals surface area contributed by atoms with E-state index in [9.17, 15) is 71.0 Å². The van der Waals surface area contributed by atoms with Crippen molar-refractivity contribution in [2.75, 3.05) is 55.7 Å². The van der Waals surface area contributed by atoms with E-state index in [4.69, 9.17) is 72.8 Å². The van der Waals surface area contributed by atoms with E-state index in [1.807, 2.05) is 0 Å². The van der Waals surface area contributed by atoms with Gasteiger partial charge in [-0.25, -0.2) is 54.4 Å². The number of hydrogen-bond donors (Lipinski definition) is 6. The number of nitrogens with two attached hydrogens (primary N) is 3. The Hall–Kier alpha value is -8.58. The minimum atomic E-state index is -4.19. The Kier molecular flexibility index (Phi) is 32.0. The lowest BCUT2D eigenvalue weighted by Gasteiger charge is -2.29. The first-order chi connectivity index (χ1) is 53.4. The number of ether oxygens (including phenoxy) is 6. The van der Waals surface area contributed by atoms with Crippen molar-refractivity contribution < 1.29 is 125 Å². The second kappa shape index (κ2) is 39.4. The smallest absolute Gasteiger partial charge is 0.380 e. The summed E-state index contributed by atoms with van der Waals surface area (Å²) >= 11 is 0. The number of esters is 3. The molecule has 3 aromatic heterocycles. The standard InChI is InChI=1S/3C24H32F2N3O8P/c3*1-14(2)34-21(31)15(3)12-38(33,37-17-8-6-5-7-9-17)36-16(4)19-20(30)24(26,13-25)22(35-19)29-11-10-18(27)28-23(29)32/h3*5-11,14-16,19-20,22,30H,12-13H2,1-4H3,(H2,27,28,32)/t15-,16+,19-,20+,22-,24?,38?;15-,16+,19-,20+,22-,24?,38+;15-,16+,19-,20+,22-,24?,38-/m111/s1. The van der Waals surface area contributed by atoms with Crippen molar-refractivity contribution in [2.24, 2.45) is 17.8 Å². The summed E-state index contributed by atoms with van der Waals surface area (Å²) in [5, 5.41) is 32.2. The van der Waals surface area contributed by atoms with E-state index >= 15 is 13.2 Å². The molecule has 0 saturated carbocycles. The Morgan fingerprint density at radius 1 is 0.421 bits per heavy atom. The van der Waals surface area contributed by atoms with Gasteiger partial charge in [-0.1, -0.05) is 75.4 Å². The van der Waals surface area contributed by atoms with Crippen LogP contribution in [0.15, 0.2) is 142 Å². The van der Waals surface area contributed by atoms with Gasteiger partial charge in [-0.05, 0) is 117 Å². The third-order valence-electron chi connectivity index (χ3n) is 17.5. The van der Waals surface area contributed by atoms with Gasteiger partial charge in [-0.2, -0.15) is 15.0 Å². The van der Waals surface area contributed by atoms with Crippen molar-refractivity contribution >= 4 is 58.1 Å². The van der Waals surface area contributed by atoms with Crippen LogP contribution in [0.4, 0.5) is 43.8 Å². The quantitative estimate of drug-likeness (QED) is 0.00967. The molecule has 0 bridgehead atoms. The number of alkyl halides is 6. The average molecular weight is 1680 g/mol. The average Bonchev–Trinajstić information content (AvgIpc) is 1.61. The van der Waals surface area contributed by atoms with Gasteiger partial charge in [0.15, 0.2) is 18.7 Å². The lowest BCUT2D eigenvalue weighted by Crippen LogP contribution is -2.48. The number of benzene rings is 3. The number of nitrogens with zero attached hydrogens (tertiary/aromatic N) is 6. The molecular weight excluding hydrogens is 1580 g/mol. The van der Waals surface area contributed by atoms with Crippen LogP contribution in [0.25, 0.3) is 0 Å². The van der Waals surface area contributed by atoms with Crippen molar-refractivity contribution in [2.45, 2.75) is 192 Å². The van der Waals surface area contributed by atoms with Crippen molar-refractivity contribution in [1.29, 1.82) is 0 Å². The van der Waals surface area contributed by atoms with Gasteiger partial charge in [-0.3, -0.25) is 41.7 Å². The fourth-order valence-electron chi connectivity index (χ4n) is 12.0. The van der Waals surface area contributed by atoms with Crippen LogP contribution in [0, 0.1) is 17.8 Å². The van der Waals surface area contributed by atoms with Gasteiger partial charge < -0.3 is 74.5 Å². The summed E-state index contributed by atoms with van der Waals surface area (Å²) < 4.78 is 199. The van der Waals surface area contributed by atoms with Crippen LogP contribution in [0.5, 0.6) is 17.2 Å². The largest absolute Gasteiger partial charge is 0.463 e. The Morgan fingerprint density at radius 2 is 0.640 bits per heavy atom. The van der Waals surface area contributed by atoms with Crippen LogP contribution >= 0.6 is 22.8 Å². The van der Waals surface area contributed by atoms with E-state index in [0.717, 1.165) is 18.6 Å². The zero-order valence-electron chi connectivity index (χ0n) is 64.2. The molecule has 630 valence electrons. The number of halogens is 6. The number of hydrogen-bond acceptors (Lipinski definition) is 30. The highest BCUT2D eigenvalue weighted by Crippen LogP contribution is 2.57. The van der Waals surface area contributed by atoms with Gasteiger partial charge in [-0.15, -0.1) is 0 Å². The molecule has 6 heterocycles. The maximum atomic E-state index is 15.7. The number of anilines is 3. The minimum Gasteiger partial charge on any atom is -0.463 e. The summed E-state index contributed by atoms with van der Waals surface area (Å²) in [6, 6.07) is 27.6. The summed E-state index contributed by atoms with van der Waals surface area (Å²) in [4.78, 5) is 84.5. The van der Waals surface area contributed by atoms with Crippen molar-refractivity contribution in [3.8, 4) is 17.2 Å². The molecular formula is C72H96F6N9O24P3.